The monoisotopic (exact) mass is 796 g/mol. The molecule has 1 aromatic rings. The van der Waals surface area contributed by atoms with E-state index in [2.05, 4.69) is 23.8 Å². The summed E-state index contributed by atoms with van der Waals surface area (Å²) in [4.78, 5) is 70.4. The Balaban J connectivity index is 1.42. The fourth-order valence-corrected chi connectivity index (χ4v) is 8.42. The maximum absolute atomic E-state index is 14.4. The molecule has 20 heteroatoms. The van der Waals surface area contributed by atoms with Gasteiger partial charge in [-0.1, -0.05) is 24.8 Å². The lowest BCUT2D eigenvalue weighted by atomic mass is 10.1. The van der Waals surface area contributed by atoms with Crippen molar-refractivity contribution in [2.45, 2.75) is 94.1 Å². The quantitative estimate of drug-likeness (QED) is 0.241. The number of alkyl carbamates (subject to hydrolysis) is 1. The molecule has 2 aliphatic carbocycles. The summed E-state index contributed by atoms with van der Waals surface area (Å²) < 4.78 is 78.7. The van der Waals surface area contributed by atoms with Gasteiger partial charge in [-0.15, -0.1) is 6.58 Å². The molecule has 296 valence electrons. The number of sulfonamides is 2. The number of halogens is 1. The summed E-state index contributed by atoms with van der Waals surface area (Å²) in [7, 11) is -6.97. The summed E-state index contributed by atoms with van der Waals surface area (Å²) in [6, 6.07) is 1.32. The van der Waals surface area contributed by atoms with Crippen LogP contribution in [0.1, 0.15) is 57.6 Å². The van der Waals surface area contributed by atoms with Crippen molar-refractivity contribution in [2.24, 2.45) is 5.92 Å². The van der Waals surface area contributed by atoms with Gasteiger partial charge in [0.1, 0.15) is 35.1 Å². The number of hydrogen-bond acceptors (Lipinski definition) is 11. The number of likely N-dealkylation sites (N-methyl/N-ethyl adjacent to an activating group) is 1. The van der Waals surface area contributed by atoms with Crippen LogP contribution < -0.4 is 15.4 Å². The van der Waals surface area contributed by atoms with Crippen LogP contribution in [0, 0.1) is 11.7 Å². The molecule has 5 atom stereocenters. The summed E-state index contributed by atoms with van der Waals surface area (Å²) in [5.74, 6) is -4.01. The van der Waals surface area contributed by atoms with E-state index in [0.717, 1.165) is 16.3 Å². The molecular weight excluding hydrogens is 752 g/mol. The minimum absolute atomic E-state index is 0.00640. The van der Waals surface area contributed by atoms with Gasteiger partial charge in [0.15, 0.2) is 0 Å². The molecule has 0 spiro atoms. The van der Waals surface area contributed by atoms with E-state index in [4.69, 9.17) is 9.47 Å². The van der Waals surface area contributed by atoms with Crippen LogP contribution in [0.5, 0.6) is 0 Å². The van der Waals surface area contributed by atoms with Crippen molar-refractivity contribution in [3.05, 3.63) is 59.8 Å². The smallest absolute Gasteiger partial charge is 0.410 e. The standard InChI is InChI=1S/C34H45FN6O11S2/c1-7-21-15-34(21,30(44)38-54(49,50)23-12-13-23)37-28(42)27-14-22(51-32(46)40-16-20-10-9-11-25(35)24(20)18-40)17-41(27)29(43)26(19-39(6)53(47,48)8-2)36-31(45)52-33(3,4)5/h7-11,21-23,26-27H,1-2,12-19H2,3-6H3,(H,36,45)(H,37,42)(H,38,44)/t21-,22-,26+,27+,34-/m1/s1. The van der Waals surface area contributed by atoms with Crippen molar-refractivity contribution in [1.82, 2.24) is 29.5 Å². The second kappa shape index (κ2) is 14.9. The van der Waals surface area contributed by atoms with Gasteiger partial charge in [-0.05, 0) is 51.7 Å². The predicted molar refractivity (Wildman–Crippen MR) is 190 cm³/mol. The number of nitrogens with one attached hydrogen (secondary N) is 3. The first-order chi connectivity index (χ1) is 25.1. The number of carbonyl (C=O) groups excluding carboxylic acids is 5. The van der Waals surface area contributed by atoms with Crippen LogP contribution >= 0.6 is 0 Å². The minimum Gasteiger partial charge on any atom is -0.444 e. The Labute approximate surface area is 313 Å². The van der Waals surface area contributed by atoms with Gasteiger partial charge in [-0.2, -0.15) is 4.31 Å². The van der Waals surface area contributed by atoms with Crippen LogP contribution in [0.2, 0.25) is 0 Å². The Bertz CT molecular complexity index is 1970. The topological polar surface area (TPSA) is 218 Å². The third kappa shape index (κ3) is 8.86. The third-order valence-corrected chi connectivity index (χ3v) is 12.9. The summed E-state index contributed by atoms with van der Waals surface area (Å²) in [5, 5.41) is 4.89. The molecule has 3 fully saturated rings. The average molecular weight is 797 g/mol. The zero-order valence-electron chi connectivity index (χ0n) is 30.4. The van der Waals surface area contributed by atoms with Crippen molar-refractivity contribution in [1.29, 1.82) is 0 Å². The molecule has 2 aliphatic heterocycles. The van der Waals surface area contributed by atoms with Gasteiger partial charge in [-0.25, -0.2) is 30.8 Å². The first kappa shape index (κ1) is 40.6. The van der Waals surface area contributed by atoms with Crippen LogP contribution in [-0.2, 0) is 57.0 Å². The molecule has 1 saturated heterocycles. The number of fused-ring (bicyclic) bond motifs is 1. The molecule has 5 amide bonds. The second-order valence-corrected chi connectivity index (χ2v) is 18.8. The molecule has 3 N–H and O–H groups in total. The van der Waals surface area contributed by atoms with Crippen LogP contribution in [0.15, 0.2) is 42.8 Å². The average Bonchev–Trinajstić information content (AvgIpc) is 3.97. The highest BCUT2D eigenvalue weighted by Crippen LogP contribution is 2.45. The molecule has 1 aromatic carbocycles. The number of likely N-dealkylation sites (tertiary alicyclic amines) is 1. The summed E-state index contributed by atoms with van der Waals surface area (Å²) >= 11 is 0. The Morgan fingerprint density at radius 1 is 1.11 bits per heavy atom. The molecule has 0 radical (unpaired) electrons. The maximum atomic E-state index is 14.4. The molecule has 2 saturated carbocycles. The van der Waals surface area contributed by atoms with Gasteiger partial charge in [0.25, 0.3) is 5.91 Å². The van der Waals surface area contributed by atoms with Crippen molar-refractivity contribution in [2.75, 3.05) is 20.1 Å². The number of ether oxygens (including phenoxy) is 2. The molecule has 5 rings (SSSR count). The molecular formula is C34H45FN6O11S2. The number of benzene rings is 1. The van der Waals surface area contributed by atoms with Crippen molar-refractivity contribution in [3.63, 3.8) is 0 Å². The Kier molecular flexibility index (Phi) is 11.2. The highest BCUT2D eigenvalue weighted by atomic mass is 32.2. The summed E-state index contributed by atoms with van der Waals surface area (Å²) in [6.45, 7) is 10.6. The lowest BCUT2D eigenvalue weighted by Crippen LogP contribution is -2.59. The summed E-state index contributed by atoms with van der Waals surface area (Å²) in [6.07, 6.45) is -1.23. The van der Waals surface area contributed by atoms with E-state index < -0.39 is 109 Å². The fourth-order valence-electron chi connectivity index (χ4n) is 6.44. The van der Waals surface area contributed by atoms with Gasteiger partial charge < -0.3 is 25.0 Å². The number of rotatable bonds is 13. The predicted octanol–water partition coefficient (Wildman–Crippen LogP) is 1.22. The third-order valence-electron chi connectivity index (χ3n) is 9.62. The molecule has 4 aliphatic rings. The number of carbonyl (C=O) groups is 5. The lowest BCUT2D eigenvalue weighted by molar-refractivity contribution is -0.141. The van der Waals surface area contributed by atoms with Gasteiger partial charge in [-0.3, -0.25) is 24.0 Å². The molecule has 2 heterocycles. The second-order valence-electron chi connectivity index (χ2n) is 14.9. The molecule has 17 nitrogen and oxygen atoms in total. The van der Waals surface area contributed by atoms with Crippen molar-refractivity contribution >= 4 is 50.0 Å². The zero-order chi connectivity index (χ0) is 40.0. The van der Waals surface area contributed by atoms with E-state index in [1.165, 1.54) is 23.1 Å². The first-order valence-corrected chi connectivity index (χ1v) is 20.3. The van der Waals surface area contributed by atoms with E-state index >= 15 is 0 Å². The highest BCUT2D eigenvalue weighted by molar-refractivity contribution is 7.92. The van der Waals surface area contributed by atoms with E-state index in [-0.39, 0.29) is 25.9 Å². The van der Waals surface area contributed by atoms with Crippen molar-refractivity contribution in [3.8, 4) is 0 Å². The zero-order valence-corrected chi connectivity index (χ0v) is 32.0. The maximum Gasteiger partial charge on any atom is 0.410 e. The number of nitrogens with zero attached hydrogens (tertiary/aromatic N) is 3. The Morgan fingerprint density at radius 3 is 2.37 bits per heavy atom. The van der Waals surface area contributed by atoms with Gasteiger partial charge in [0, 0.05) is 43.4 Å². The first-order valence-electron chi connectivity index (χ1n) is 17.2. The minimum atomic E-state index is -4.11. The normalized spacial score (nSPS) is 24.2. The molecule has 0 bridgehead atoms. The largest absolute Gasteiger partial charge is 0.444 e. The summed E-state index contributed by atoms with van der Waals surface area (Å²) in [5.41, 5.74) is -1.84. The van der Waals surface area contributed by atoms with Crippen LogP contribution in [0.4, 0.5) is 14.0 Å². The van der Waals surface area contributed by atoms with E-state index in [1.54, 1.807) is 26.8 Å². The highest BCUT2D eigenvalue weighted by Gasteiger charge is 2.62. The fraction of sp³-hybridized carbons (Fsp3) is 0.559. The lowest BCUT2D eigenvalue weighted by Gasteiger charge is -2.31. The molecule has 0 aromatic heterocycles. The van der Waals surface area contributed by atoms with E-state index in [1.807, 2.05) is 4.72 Å². The van der Waals surface area contributed by atoms with Gasteiger partial charge in [0.05, 0.1) is 18.3 Å². The van der Waals surface area contributed by atoms with E-state index in [0.29, 0.717) is 29.4 Å². The Hall–Kier alpha value is -4.56. The van der Waals surface area contributed by atoms with Gasteiger partial charge >= 0.3 is 12.2 Å². The number of hydrogen-bond donors (Lipinski definition) is 3. The Morgan fingerprint density at radius 2 is 1.80 bits per heavy atom. The molecule has 54 heavy (non-hydrogen) atoms. The molecule has 0 unspecified atom stereocenters. The van der Waals surface area contributed by atoms with Crippen LogP contribution in [0.25, 0.3) is 0 Å². The van der Waals surface area contributed by atoms with Gasteiger partial charge in [0.2, 0.25) is 31.9 Å². The SMILES string of the molecule is C=C[C@@H]1C[C@]1(NC(=O)[C@@H]1C[C@@H](OC(=O)N2Cc3cccc(F)c3C2)CN1C(=O)[C@H](CN(C)S(=O)(=O)C=C)NC(=O)OC(C)(C)C)C(=O)NS(=O)(=O)C1CC1. The van der Waals surface area contributed by atoms with Crippen molar-refractivity contribution < 1.29 is 54.7 Å². The van der Waals surface area contributed by atoms with E-state index in [9.17, 15) is 45.2 Å². The van der Waals surface area contributed by atoms with Crippen LogP contribution in [0.3, 0.4) is 0 Å². The number of amides is 5. The van der Waals surface area contributed by atoms with Crippen LogP contribution in [-0.4, -0.2) is 116 Å².